The number of amides is 1. The van der Waals surface area contributed by atoms with Gasteiger partial charge in [0, 0.05) is 18.0 Å². The summed E-state index contributed by atoms with van der Waals surface area (Å²) in [6.45, 7) is 4.96. The second-order valence-corrected chi connectivity index (χ2v) is 7.19. The SMILES string of the molecule is CCCCN(C(=O)C1CCC1)c1nnc(-c2cccc(C)c2)s1. The lowest BCUT2D eigenvalue weighted by molar-refractivity contribution is -0.124. The Balaban J connectivity index is 1.83. The van der Waals surface area contributed by atoms with Crippen molar-refractivity contribution in [2.24, 2.45) is 5.92 Å². The summed E-state index contributed by atoms with van der Waals surface area (Å²) in [7, 11) is 0. The molecule has 1 aromatic heterocycles. The van der Waals surface area contributed by atoms with E-state index in [1.807, 2.05) is 17.0 Å². The number of aromatic nitrogens is 2. The smallest absolute Gasteiger partial charge is 0.231 e. The van der Waals surface area contributed by atoms with Crippen molar-refractivity contribution in [3.8, 4) is 10.6 Å². The molecule has 0 atom stereocenters. The highest BCUT2D eigenvalue weighted by atomic mass is 32.1. The Bertz CT molecular complexity index is 678. The van der Waals surface area contributed by atoms with E-state index >= 15 is 0 Å². The minimum absolute atomic E-state index is 0.193. The minimum atomic E-state index is 0.193. The van der Waals surface area contributed by atoms with Gasteiger partial charge in [0.15, 0.2) is 0 Å². The summed E-state index contributed by atoms with van der Waals surface area (Å²) < 4.78 is 0. The van der Waals surface area contributed by atoms with E-state index < -0.39 is 0 Å². The van der Waals surface area contributed by atoms with Crippen molar-refractivity contribution in [3.05, 3.63) is 29.8 Å². The van der Waals surface area contributed by atoms with Gasteiger partial charge < -0.3 is 0 Å². The maximum atomic E-state index is 12.7. The first-order chi connectivity index (χ1) is 11.2. The number of benzene rings is 1. The largest absolute Gasteiger partial charge is 0.286 e. The number of rotatable bonds is 6. The molecule has 1 amide bonds. The van der Waals surface area contributed by atoms with E-state index in [1.165, 1.54) is 23.3 Å². The molecule has 1 fully saturated rings. The van der Waals surface area contributed by atoms with Crippen molar-refractivity contribution in [2.75, 3.05) is 11.4 Å². The lowest BCUT2D eigenvalue weighted by atomic mass is 9.84. The Kier molecular flexibility index (Phi) is 5.06. The van der Waals surface area contributed by atoms with Gasteiger partial charge in [-0.2, -0.15) is 0 Å². The third-order valence-corrected chi connectivity index (χ3v) is 5.36. The zero-order valence-electron chi connectivity index (χ0n) is 13.8. The van der Waals surface area contributed by atoms with Crippen LogP contribution < -0.4 is 4.90 Å². The molecule has 5 heteroatoms. The van der Waals surface area contributed by atoms with Crippen molar-refractivity contribution < 1.29 is 4.79 Å². The molecule has 23 heavy (non-hydrogen) atoms. The third-order valence-electron chi connectivity index (χ3n) is 4.37. The van der Waals surface area contributed by atoms with Gasteiger partial charge in [0.1, 0.15) is 5.01 Å². The molecule has 1 aliphatic rings. The van der Waals surface area contributed by atoms with Crippen molar-refractivity contribution in [1.29, 1.82) is 0 Å². The van der Waals surface area contributed by atoms with Crippen LogP contribution in [0.25, 0.3) is 10.6 Å². The van der Waals surface area contributed by atoms with E-state index in [2.05, 4.69) is 36.2 Å². The Hall–Kier alpha value is -1.75. The summed E-state index contributed by atoms with van der Waals surface area (Å²) in [6.07, 6.45) is 5.27. The average Bonchev–Trinajstić information content (AvgIpc) is 2.95. The van der Waals surface area contributed by atoms with Crippen LogP contribution in [0.1, 0.15) is 44.6 Å². The molecular formula is C18H23N3OS. The molecule has 0 spiro atoms. The third kappa shape index (κ3) is 3.61. The number of anilines is 1. The monoisotopic (exact) mass is 329 g/mol. The van der Waals surface area contributed by atoms with Crippen LogP contribution in [0.4, 0.5) is 5.13 Å². The Morgan fingerprint density at radius 1 is 1.35 bits per heavy atom. The predicted octanol–water partition coefficient (Wildman–Crippen LogP) is 4.45. The zero-order valence-corrected chi connectivity index (χ0v) is 14.6. The molecule has 0 aliphatic heterocycles. The van der Waals surface area contributed by atoms with E-state index in [0.717, 1.165) is 47.9 Å². The molecular weight excluding hydrogens is 306 g/mol. The lowest BCUT2D eigenvalue weighted by Crippen LogP contribution is -2.39. The first-order valence-electron chi connectivity index (χ1n) is 8.41. The number of aryl methyl sites for hydroxylation is 1. The number of unbranched alkanes of at least 4 members (excludes halogenated alkanes) is 1. The molecule has 1 heterocycles. The molecule has 2 aromatic rings. The first kappa shape index (κ1) is 16.1. The van der Waals surface area contributed by atoms with E-state index in [4.69, 9.17) is 0 Å². The van der Waals surface area contributed by atoms with Crippen molar-refractivity contribution in [1.82, 2.24) is 10.2 Å². The molecule has 0 radical (unpaired) electrons. The maximum absolute atomic E-state index is 12.7. The number of hydrogen-bond donors (Lipinski definition) is 0. The quantitative estimate of drug-likeness (QED) is 0.786. The van der Waals surface area contributed by atoms with Gasteiger partial charge in [0.25, 0.3) is 0 Å². The molecule has 4 nitrogen and oxygen atoms in total. The highest BCUT2D eigenvalue weighted by Gasteiger charge is 2.31. The summed E-state index contributed by atoms with van der Waals surface area (Å²) in [6, 6.07) is 8.25. The normalized spacial score (nSPS) is 14.5. The lowest BCUT2D eigenvalue weighted by Gasteiger charge is -2.29. The standard InChI is InChI=1S/C18H23N3OS/c1-3-4-11-21(17(22)14-8-6-9-14)18-20-19-16(23-18)15-10-5-7-13(2)12-15/h5,7,10,12,14H,3-4,6,8-9,11H2,1-2H3. The highest BCUT2D eigenvalue weighted by molar-refractivity contribution is 7.18. The second kappa shape index (κ2) is 7.21. The fourth-order valence-corrected chi connectivity index (χ4v) is 3.58. The van der Waals surface area contributed by atoms with Crippen molar-refractivity contribution in [3.63, 3.8) is 0 Å². The van der Waals surface area contributed by atoms with Crippen LogP contribution in [0, 0.1) is 12.8 Å². The predicted molar refractivity (Wildman–Crippen MR) is 94.7 cm³/mol. The van der Waals surface area contributed by atoms with E-state index in [9.17, 15) is 4.79 Å². The van der Waals surface area contributed by atoms with Crippen LogP contribution in [0.15, 0.2) is 24.3 Å². The molecule has 1 aliphatic carbocycles. The molecule has 3 rings (SSSR count). The van der Waals surface area contributed by atoms with Gasteiger partial charge in [-0.3, -0.25) is 9.69 Å². The zero-order chi connectivity index (χ0) is 16.2. The van der Waals surface area contributed by atoms with Gasteiger partial charge in [-0.15, -0.1) is 10.2 Å². The molecule has 0 unspecified atom stereocenters. The van der Waals surface area contributed by atoms with Gasteiger partial charge in [-0.05, 0) is 32.3 Å². The Labute approximate surface area is 141 Å². The van der Waals surface area contributed by atoms with Crippen LogP contribution >= 0.6 is 11.3 Å². The Morgan fingerprint density at radius 3 is 2.83 bits per heavy atom. The number of hydrogen-bond acceptors (Lipinski definition) is 4. The highest BCUT2D eigenvalue weighted by Crippen LogP contribution is 2.33. The Morgan fingerprint density at radius 2 is 2.17 bits per heavy atom. The van der Waals surface area contributed by atoms with Crippen LogP contribution in [-0.2, 0) is 4.79 Å². The van der Waals surface area contributed by atoms with Crippen molar-refractivity contribution in [2.45, 2.75) is 46.0 Å². The summed E-state index contributed by atoms with van der Waals surface area (Å²) in [5.74, 6) is 0.426. The number of nitrogens with zero attached hydrogens (tertiary/aromatic N) is 3. The molecule has 122 valence electrons. The van der Waals surface area contributed by atoms with Crippen LogP contribution in [0.5, 0.6) is 0 Å². The molecule has 1 aromatic carbocycles. The minimum Gasteiger partial charge on any atom is -0.286 e. The fourth-order valence-electron chi connectivity index (χ4n) is 2.71. The number of carbonyl (C=O) groups excluding carboxylic acids is 1. The molecule has 1 saturated carbocycles. The summed E-state index contributed by atoms with van der Waals surface area (Å²) in [4.78, 5) is 14.6. The summed E-state index contributed by atoms with van der Waals surface area (Å²) in [5, 5.41) is 10.3. The number of carbonyl (C=O) groups is 1. The molecule has 0 N–H and O–H groups in total. The van der Waals surface area contributed by atoms with E-state index in [-0.39, 0.29) is 11.8 Å². The molecule has 0 saturated heterocycles. The van der Waals surface area contributed by atoms with Gasteiger partial charge >= 0.3 is 0 Å². The van der Waals surface area contributed by atoms with Crippen LogP contribution in [0.2, 0.25) is 0 Å². The van der Waals surface area contributed by atoms with Gasteiger partial charge in [-0.1, -0.05) is 54.9 Å². The summed E-state index contributed by atoms with van der Waals surface area (Å²) in [5.41, 5.74) is 2.27. The van der Waals surface area contributed by atoms with Crippen LogP contribution in [-0.4, -0.2) is 22.6 Å². The topological polar surface area (TPSA) is 46.1 Å². The van der Waals surface area contributed by atoms with E-state index in [0.29, 0.717) is 0 Å². The second-order valence-electron chi connectivity index (χ2n) is 6.23. The maximum Gasteiger partial charge on any atom is 0.231 e. The van der Waals surface area contributed by atoms with Gasteiger partial charge in [0.05, 0.1) is 0 Å². The van der Waals surface area contributed by atoms with Crippen molar-refractivity contribution >= 4 is 22.4 Å². The van der Waals surface area contributed by atoms with E-state index in [1.54, 1.807) is 0 Å². The van der Waals surface area contributed by atoms with Gasteiger partial charge in [0.2, 0.25) is 11.0 Å². The average molecular weight is 329 g/mol. The van der Waals surface area contributed by atoms with Crippen LogP contribution in [0.3, 0.4) is 0 Å². The van der Waals surface area contributed by atoms with Gasteiger partial charge in [-0.25, -0.2) is 0 Å². The molecule has 0 bridgehead atoms. The fraction of sp³-hybridized carbons (Fsp3) is 0.500. The summed E-state index contributed by atoms with van der Waals surface area (Å²) >= 11 is 1.52. The first-order valence-corrected chi connectivity index (χ1v) is 9.22.